The summed E-state index contributed by atoms with van der Waals surface area (Å²) in [5.41, 5.74) is 0. The molecule has 2 atom stereocenters. The summed E-state index contributed by atoms with van der Waals surface area (Å²) in [6.45, 7) is 8.60. The number of nitrogens with zero attached hydrogens (tertiary/aromatic N) is 1. The smallest absolute Gasteiger partial charge is 0.236 e. The first-order valence-electron chi connectivity index (χ1n) is 5.28. The second kappa shape index (κ2) is 5.61. The van der Waals surface area contributed by atoms with Gasteiger partial charge in [0.25, 0.3) is 0 Å². The fraction of sp³-hybridized carbons (Fsp3) is 0.900. The van der Waals surface area contributed by atoms with Crippen LogP contribution in [0.2, 0.25) is 0 Å². The van der Waals surface area contributed by atoms with E-state index in [4.69, 9.17) is 0 Å². The van der Waals surface area contributed by atoms with Crippen molar-refractivity contribution < 1.29 is 4.79 Å². The second-order valence-electron chi connectivity index (χ2n) is 3.68. The van der Waals surface area contributed by atoms with Crippen molar-refractivity contribution >= 4 is 17.7 Å². The number of carbonyl (C=O) groups excluding carboxylic acids is 1. The standard InChI is InChI=1S/C10H20N2OS/c1-4-11-7-10(13)12-5-6-14-9(3)8(12)2/h8-9,11H,4-7H2,1-3H3. The van der Waals surface area contributed by atoms with Gasteiger partial charge in [0.15, 0.2) is 0 Å². The molecule has 2 unspecified atom stereocenters. The van der Waals surface area contributed by atoms with Crippen LogP contribution in [0.25, 0.3) is 0 Å². The molecule has 1 rings (SSSR count). The lowest BCUT2D eigenvalue weighted by molar-refractivity contribution is -0.132. The van der Waals surface area contributed by atoms with Gasteiger partial charge in [0, 0.05) is 23.6 Å². The van der Waals surface area contributed by atoms with E-state index < -0.39 is 0 Å². The molecular weight excluding hydrogens is 196 g/mol. The molecule has 0 spiro atoms. The van der Waals surface area contributed by atoms with Crippen LogP contribution in [0.5, 0.6) is 0 Å². The van der Waals surface area contributed by atoms with E-state index in [2.05, 4.69) is 19.2 Å². The Labute approximate surface area is 90.6 Å². The number of nitrogens with one attached hydrogen (secondary N) is 1. The number of thioether (sulfide) groups is 1. The van der Waals surface area contributed by atoms with Crippen molar-refractivity contribution in [3.8, 4) is 0 Å². The van der Waals surface area contributed by atoms with Gasteiger partial charge in [-0.2, -0.15) is 11.8 Å². The highest BCUT2D eigenvalue weighted by Crippen LogP contribution is 2.23. The van der Waals surface area contributed by atoms with Gasteiger partial charge in [0.2, 0.25) is 5.91 Å². The molecule has 0 aromatic heterocycles. The van der Waals surface area contributed by atoms with Crippen molar-refractivity contribution in [2.45, 2.75) is 32.1 Å². The van der Waals surface area contributed by atoms with Gasteiger partial charge in [-0.1, -0.05) is 13.8 Å². The summed E-state index contributed by atoms with van der Waals surface area (Å²) < 4.78 is 0. The minimum absolute atomic E-state index is 0.242. The van der Waals surface area contributed by atoms with Crippen LogP contribution in [0.3, 0.4) is 0 Å². The molecule has 0 aliphatic carbocycles. The Morgan fingerprint density at radius 1 is 1.57 bits per heavy atom. The number of hydrogen-bond donors (Lipinski definition) is 1. The van der Waals surface area contributed by atoms with Crippen molar-refractivity contribution in [3.63, 3.8) is 0 Å². The van der Waals surface area contributed by atoms with Gasteiger partial charge in [0.05, 0.1) is 6.54 Å². The number of carbonyl (C=O) groups is 1. The predicted molar refractivity (Wildman–Crippen MR) is 61.6 cm³/mol. The van der Waals surface area contributed by atoms with Gasteiger partial charge in [0.1, 0.15) is 0 Å². The molecule has 0 saturated carbocycles. The predicted octanol–water partition coefficient (Wildman–Crippen LogP) is 0.948. The zero-order valence-corrected chi connectivity index (χ0v) is 10.1. The zero-order valence-electron chi connectivity index (χ0n) is 9.25. The van der Waals surface area contributed by atoms with Gasteiger partial charge in [-0.15, -0.1) is 0 Å². The minimum Gasteiger partial charge on any atom is -0.337 e. The summed E-state index contributed by atoms with van der Waals surface area (Å²) in [6.07, 6.45) is 0. The molecule has 0 bridgehead atoms. The molecule has 1 N–H and O–H groups in total. The fourth-order valence-electron chi connectivity index (χ4n) is 1.62. The molecule has 0 aromatic carbocycles. The third kappa shape index (κ3) is 2.89. The summed E-state index contributed by atoms with van der Waals surface area (Å²) in [6, 6.07) is 0.375. The van der Waals surface area contributed by atoms with E-state index >= 15 is 0 Å². The van der Waals surface area contributed by atoms with Crippen LogP contribution in [-0.2, 0) is 4.79 Å². The van der Waals surface area contributed by atoms with E-state index in [-0.39, 0.29) is 5.91 Å². The molecule has 1 fully saturated rings. The van der Waals surface area contributed by atoms with E-state index in [1.54, 1.807) is 0 Å². The Morgan fingerprint density at radius 2 is 2.29 bits per heavy atom. The van der Waals surface area contributed by atoms with Crippen molar-refractivity contribution in [2.75, 3.05) is 25.4 Å². The number of likely N-dealkylation sites (N-methyl/N-ethyl adjacent to an activating group) is 1. The van der Waals surface area contributed by atoms with Crippen LogP contribution >= 0.6 is 11.8 Å². The van der Waals surface area contributed by atoms with Crippen LogP contribution in [0.4, 0.5) is 0 Å². The Hall–Kier alpha value is -0.220. The van der Waals surface area contributed by atoms with Crippen molar-refractivity contribution in [2.24, 2.45) is 0 Å². The molecule has 3 nitrogen and oxygen atoms in total. The minimum atomic E-state index is 0.242. The van der Waals surface area contributed by atoms with E-state index in [1.807, 2.05) is 23.6 Å². The van der Waals surface area contributed by atoms with Crippen molar-refractivity contribution in [1.82, 2.24) is 10.2 Å². The number of amides is 1. The zero-order chi connectivity index (χ0) is 10.6. The Bertz CT molecular complexity index is 199. The first-order valence-corrected chi connectivity index (χ1v) is 6.33. The highest BCUT2D eigenvalue weighted by molar-refractivity contribution is 8.00. The number of hydrogen-bond acceptors (Lipinski definition) is 3. The Balaban J connectivity index is 2.44. The molecule has 0 aromatic rings. The largest absolute Gasteiger partial charge is 0.337 e. The van der Waals surface area contributed by atoms with Crippen LogP contribution in [-0.4, -0.2) is 47.5 Å². The highest BCUT2D eigenvalue weighted by atomic mass is 32.2. The summed E-state index contributed by atoms with van der Waals surface area (Å²) >= 11 is 1.96. The topological polar surface area (TPSA) is 32.3 Å². The molecule has 0 radical (unpaired) electrons. The molecule has 4 heteroatoms. The Morgan fingerprint density at radius 3 is 2.93 bits per heavy atom. The summed E-state index contributed by atoms with van der Waals surface area (Å²) in [7, 11) is 0. The van der Waals surface area contributed by atoms with E-state index in [9.17, 15) is 4.79 Å². The van der Waals surface area contributed by atoms with Gasteiger partial charge >= 0.3 is 0 Å². The lowest BCUT2D eigenvalue weighted by atomic mass is 10.2. The highest BCUT2D eigenvalue weighted by Gasteiger charge is 2.28. The summed E-state index contributed by atoms with van der Waals surface area (Å²) in [4.78, 5) is 13.8. The molecule has 1 saturated heterocycles. The average molecular weight is 216 g/mol. The number of rotatable bonds is 3. The van der Waals surface area contributed by atoms with Gasteiger partial charge in [-0.3, -0.25) is 4.79 Å². The first-order chi connectivity index (χ1) is 6.66. The normalized spacial score (nSPS) is 27.8. The molecule has 82 valence electrons. The molecule has 1 aliphatic heterocycles. The lowest BCUT2D eigenvalue weighted by Gasteiger charge is -2.37. The molecule has 1 aliphatic rings. The molecular formula is C10H20N2OS. The maximum atomic E-state index is 11.8. The van der Waals surface area contributed by atoms with Gasteiger partial charge in [-0.25, -0.2) is 0 Å². The van der Waals surface area contributed by atoms with E-state index in [0.717, 1.165) is 18.8 Å². The van der Waals surface area contributed by atoms with Crippen LogP contribution in [0, 0.1) is 0 Å². The first kappa shape index (κ1) is 11.9. The van der Waals surface area contributed by atoms with Crippen LogP contribution in [0.1, 0.15) is 20.8 Å². The lowest BCUT2D eigenvalue weighted by Crippen LogP contribution is -2.50. The van der Waals surface area contributed by atoms with Crippen LogP contribution in [0.15, 0.2) is 0 Å². The second-order valence-corrected chi connectivity index (χ2v) is 5.17. The van der Waals surface area contributed by atoms with Crippen molar-refractivity contribution in [1.29, 1.82) is 0 Å². The quantitative estimate of drug-likeness (QED) is 0.762. The molecule has 1 heterocycles. The average Bonchev–Trinajstić information content (AvgIpc) is 2.18. The third-order valence-corrected chi connectivity index (χ3v) is 4.07. The molecule has 1 amide bonds. The van der Waals surface area contributed by atoms with Crippen LogP contribution < -0.4 is 5.32 Å². The third-order valence-electron chi connectivity index (χ3n) is 2.73. The van der Waals surface area contributed by atoms with Gasteiger partial charge < -0.3 is 10.2 Å². The maximum absolute atomic E-state index is 11.8. The maximum Gasteiger partial charge on any atom is 0.236 e. The van der Waals surface area contributed by atoms with E-state index in [1.165, 1.54) is 0 Å². The van der Waals surface area contributed by atoms with E-state index in [0.29, 0.717) is 17.8 Å². The Kier molecular flexibility index (Phi) is 4.75. The monoisotopic (exact) mass is 216 g/mol. The fourth-order valence-corrected chi connectivity index (χ4v) is 2.72. The molecule has 14 heavy (non-hydrogen) atoms. The van der Waals surface area contributed by atoms with Gasteiger partial charge in [-0.05, 0) is 13.5 Å². The summed E-state index contributed by atoms with van der Waals surface area (Å²) in [5.74, 6) is 1.31. The van der Waals surface area contributed by atoms with Crippen molar-refractivity contribution in [3.05, 3.63) is 0 Å². The SMILES string of the molecule is CCNCC(=O)N1CCSC(C)C1C. The summed E-state index contributed by atoms with van der Waals surface area (Å²) in [5, 5.41) is 3.65.